The smallest absolute Gasteiger partial charge is 0.263 e. The molecule has 2 aromatic carbocycles. The molecular formula is C27H22N6O4. The number of carbonyl (C=O) groups is 2. The number of aryl methyl sites for hydroxylation is 2. The van der Waals surface area contributed by atoms with Gasteiger partial charge in [0, 0.05) is 28.7 Å². The molecule has 0 bridgehead atoms. The highest BCUT2D eigenvalue weighted by Gasteiger charge is 2.19. The maximum absolute atomic E-state index is 13.3. The molecule has 184 valence electrons. The molecule has 0 unspecified atom stereocenters. The van der Waals surface area contributed by atoms with E-state index in [0.717, 1.165) is 11.1 Å². The van der Waals surface area contributed by atoms with Crippen LogP contribution in [0.2, 0.25) is 0 Å². The van der Waals surface area contributed by atoms with Gasteiger partial charge in [-0.25, -0.2) is 4.98 Å². The van der Waals surface area contributed by atoms with Crippen molar-refractivity contribution < 1.29 is 14.1 Å². The number of hydrogen-bond donors (Lipinski definition) is 2. The fourth-order valence-electron chi connectivity index (χ4n) is 3.97. The highest BCUT2D eigenvalue weighted by molar-refractivity contribution is 5.95. The van der Waals surface area contributed by atoms with Gasteiger partial charge >= 0.3 is 0 Å². The van der Waals surface area contributed by atoms with Crippen molar-refractivity contribution in [2.24, 2.45) is 5.73 Å². The summed E-state index contributed by atoms with van der Waals surface area (Å²) in [7, 11) is 0. The van der Waals surface area contributed by atoms with Crippen molar-refractivity contribution in [3.63, 3.8) is 0 Å². The van der Waals surface area contributed by atoms with E-state index >= 15 is 0 Å². The highest BCUT2D eigenvalue weighted by Crippen LogP contribution is 2.24. The molecule has 0 spiro atoms. The Morgan fingerprint density at radius 3 is 2.46 bits per heavy atom. The molecule has 10 nitrogen and oxygen atoms in total. The number of amides is 2. The summed E-state index contributed by atoms with van der Waals surface area (Å²) in [5, 5.41) is 7.15. The van der Waals surface area contributed by atoms with Crippen molar-refractivity contribution in [3.05, 3.63) is 93.9 Å². The number of carbonyl (C=O) groups excluding carboxylic acids is 2. The fraction of sp³-hybridized carbons (Fsp3) is 0.111. The third-order valence-electron chi connectivity index (χ3n) is 5.87. The lowest BCUT2D eigenvalue weighted by atomic mass is 10.1. The molecule has 0 radical (unpaired) electrons. The van der Waals surface area contributed by atoms with Crippen molar-refractivity contribution in [1.29, 1.82) is 0 Å². The van der Waals surface area contributed by atoms with Crippen LogP contribution in [0, 0.1) is 13.8 Å². The summed E-state index contributed by atoms with van der Waals surface area (Å²) >= 11 is 0. The van der Waals surface area contributed by atoms with Gasteiger partial charge in [-0.3, -0.25) is 14.4 Å². The molecule has 2 amide bonds. The molecule has 0 aliphatic heterocycles. The van der Waals surface area contributed by atoms with E-state index in [1.165, 1.54) is 18.3 Å². The van der Waals surface area contributed by atoms with Gasteiger partial charge in [0.25, 0.3) is 5.89 Å². The number of primary amides is 1. The number of rotatable bonds is 6. The van der Waals surface area contributed by atoms with Crippen molar-refractivity contribution >= 4 is 28.5 Å². The quantitative estimate of drug-likeness (QED) is 0.367. The number of nitrogens with zero attached hydrogens (tertiary/aromatic N) is 4. The van der Waals surface area contributed by atoms with E-state index < -0.39 is 5.91 Å². The fourth-order valence-corrected chi connectivity index (χ4v) is 3.97. The van der Waals surface area contributed by atoms with Gasteiger partial charge in [0.15, 0.2) is 0 Å². The van der Waals surface area contributed by atoms with Crippen molar-refractivity contribution in [2.45, 2.75) is 20.4 Å². The van der Waals surface area contributed by atoms with Crippen molar-refractivity contribution in [3.8, 4) is 22.8 Å². The van der Waals surface area contributed by atoms with Gasteiger partial charge in [-0.1, -0.05) is 29.4 Å². The summed E-state index contributed by atoms with van der Waals surface area (Å²) in [5.41, 5.74) is 8.71. The summed E-state index contributed by atoms with van der Waals surface area (Å²) in [6, 6.07) is 17.2. The van der Waals surface area contributed by atoms with E-state index in [-0.39, 0.29) is 29.3 Å². The zero-order chi connectivity index (χ0) is 26.1. The monoisotopic (exact) mass is 494 g/mol. The van der Waals surface area contributed by atoms with E-state index in [4.69, 9.17) is 10.3 Å². The first-order valence-corrected chi connectivity index (χ1v) is 11.4. The molecule has 3 N–H and O–H groups in total. The van der Waals surface area contributed by atoms with Crippen LogP contribution in [0.5, 0.6) is 0 Å². The van der Waals surface area contributed by atoms with E-state index in [9.17, 15) is 14.4 Å². The first kappa shape index (κ1) is 23.6. The molecule has 0 saturated heterocycles. The number of pyridine rings is 2. The van der Waals surface area contributed by atoms with Gasteiger partial charge in [-0.15, -0.1) is 0 Å². The second kappa shape index (κ2) is 9.50. The summed E-state index contributed by atoms with van der Waals surface area (Å²) in [6.07, 6.45) is 1.50. The Morgan fingerprint density at radius 1 is 0.973 bits per heavy atom. The topological polar surface area (TPSA) is 146 Å². The van der Waals surface area contributed by atoms with Crippen LogP contribution in [-0.4, -0.2) is 31.5 Å². The Bertz CT molecular complexity index is 1720. The number of anilines is 1. The first-order chi connectivity index (χ1) is 17.8. The van der Waals surface area contributed by atoms with Crippen molar-refractivity contribution in [1.82, 2.24) is 19.7 Å². The molecule has 3 heterocycles. The number of fused-ring (bicyclic) bond motifs is 1. The second-order valence-corrected chi connectivity index (χ2v) is 8.55. The first-order valence-electron chi connectivity index (χ1n) is 11.4. The predicted octanol–water partition coefficient (Wildman–Crippen LogP) is 3.47. The number of hydrogen-bond acceptors (Lipinski definition) is 7. The molecule has 0 aliphatic rings. The van der Waals surface area contributed by atoms with Crippen LogP contribution >= 0.6 is 0 Å². The van der Waals surface area contributed by atoms with Crippen LogP contribution in [0.15, 0.2) is 76.2 Å². The zero-order valence-corrected chi connectivity index (χ0v) is 20.1. The third-order valence-corrected chi connectivity index (χ3v) is 5.87. The molecule has 0 saturated carbocycles. The van der Waals surface area contributed by atoms with E-state index in [0.29, 0.717) is 33.8 Å². The van der Waals surface area contributed by atoms with Crippen LogP contribution in [0.4, 0.5) is 5.69 Å². The summed E-state index contributed by atoms with van der Waals surface area (Å²) in [6.45, 7) is 3.59. The number of aromatic nitrogens is 4. The van der Waals surface area contributed by atoms with Gasteiger partial charge in [0.05, 0.1) is 5.39 Å². The minimum absolute atomic E-state index is 0.0435. The van der Waals surface area contributed by atoms with Crippen LogP contribution in [0.25, 0.3) is 33.9 Å². The molecule has 3 aromatic heterocycles. The number of nitrogens with two attached hydrogens (primary N) is 1. The van der Waals surface area contributed by atoms with E-state index in [1.807, 2.05) is 31.2 Å². The van der Waals surface area contributed by atoms with Crippen LogP contribution < -0.4 is 16.5 Å². The van der Waals surface area contributed by atoms with Gasteiger partial charge in [0.1, 0.15) is 17.8 Å². The Hall–Kier alpha value is -5.12. The van der Waals surface area contributed by atoms with Gasteiger partial charge in [-0.2, -0.15) is 4.98 Å². The normalized spacial score (nSPS) is 11.0. The molecular weight excluding hydrogens is 472 g/mol. The second-order valence-electron chi connectivity index (χ2n) is 8.55. The zero-order valence-electron chi connectivity index (χ0n) is 20.1. The maximum Gasteiger partial charge on any atom is 0.263 e. The molecule has 37 heavy (non-hydrogen) atoms. The average Bonchev–Trinajstić information content (AvgIpc) is 3.36. The minimum Gasteiger partial charge on any atom is -0.366 e. The van der Waals surface area contributed by atoms with E-state index in [1.54, 1.807) is 35.8 Å². The third kappa shape index (κ3) is 4.72. The van der Waals surface area contributed by atoms with Crippen LogP contribution in [0.1, 0.15) is 21.6 Å². The predicted molar refractivity (Wildman–Crippen MR) is 138 cm³/mol. The standard InChI is InChI=1S/C27H22N6O4/c1-15-5-3-4-6-19(15)25-31-27(37-32-25)21-13-33(26-20(23(21)35)12-7-16(2)29-26)14-22(34)30-18-10-8-17(9-11-18)24(28)36/h3-13H,14H2,1-2H3,(H2,28,36)(H,30,34). The molecule has 5 rings (SSSR count). The molecule has 0 fully saturated rings. The molecule has 5 aromatic rings. The lowest BCUT2D eigenvalue weighted by molar-refractivity contribution is -0.116. The SMILES string of the molecule is Cc1ccc2c(=O)c(-c3nc(-c4ccccc4C)no3)cn(CC(=O)Nc3ccc(C(N)=O)cc3)c2n1. The Morgan fingerprint density at radius 2 is 1.73 bits per heavy atom. The largest absolute Gasteiger partial charge is 0.366 e. The van der Waals surface area contributed by atoms with E-state index in [2.05, 4.69) is 20.4 Å². The summed E-state index contributed by atoms with van der Waals surface area (Å²) in [5.74, 6) is -0.518. The van der Waals surface area contributed by atoms with Crippen LogP contribution in [-0.2, 0) is 11.3 Å². The lowest BCUT2D eigenvalue weighted by Crippen LogP contribution is -2.22. The highest BCUT2D eigenvalue weighted by atomic mass is 16.5. The lowest BCUT2D eigenvalue weighted by Gasteiger charge is -2.12. The summed E-state index contributed by atoms with van der Waals surface area (Å²) < 4.78 is 7.04. The van der Waals surface area contributed by atoms with Gasteiger partial charge in [0.2, 0.25) is 23.1 Å². The molecule has 0 aliphatic carbocycles. The van der Waals surface area contributed by atoms with Crippen molar-refractivity contribution in [2.75, 3.05) is 5.32 Å². The molecule has 0 atom stereocenters. The molecule has 10 heteroatoms. The van der Waals surface area contributed by atoms with Gasteiger partial charge in [-0.05, 0) is 55.8 Å². The number of nitrogens with one attached hydrogen (secondary N) is 1. The van der Waals surface area contributed by atoms with Crippen LogP contribution in [0.3, 0.4) is 0 Å². The Labute approximate surface area is 210 Å². The summed E-state index contributed by atoms with van der Waals surface area (Å²) in [4.78, 5) is 46.5. The minimum atomic E-state index is -0.557. The Balaban J connectivity index is 1.52. The Kier molecular flexibility index (Phi) is 6.06. The number of benzene rings is 2. The van der Waals surface area contributed by atoms with Gasteiger partial charge < -0.3 is 20.1 Å². The maximum atomic E-state index is 13.3. The average molecular weight is 495 g/mol.